The maximum Gasteiger partial charge on any atom is 0.522 e. The van der Waals surface area contributed by atoms with Crippen molar-refractivity contribution in [3.63, 3.8) is 0 Å². The van der Waals surface area contributed by atoms with Gasteiger partial charge in [0.1, 0.15) is 0 Å². The summed E-state index contributed by atoms with van der Waals surface area (Å²) in [5, 5.41) is 3.50. The average Bonchev–Trinajstić information content (AvgIpc) is 2.35. The van der Waals surface area contributed by atoms with Crippen LogP contribution in [-0.4, -0.2) is 50.1 Å². The summed E-state index contributed by atoms with van der Waals surface area (Å²) >= 11 is 0. The molecule has 0 aliphatic heterocycles. The first-order valence-electron chi connectivity index (χ1n) is 7.06. The molecule has 0 aromatic heterocycles. The zero-order valence-corrected chi connectivity index (χ0v) is 11.8. The van der Waals surface area contributed by atoms with E-state index in [9.17, 15) is 13.2 Å². The summed E-state index contributed by atoms with van der Waals surface area (Å²) in [6, 6.07) is 0.965. The van der Waals surface area contributed by atoms with Gasteiger partial charge in [-0.05, 0) is 45.7 Å². The van der Waals surface area contributed by atoms with Crippen LogP contribution in [0.3, 0.4) is 0 Å². The van der Waals surface area contributed by atoms with Gasteiger partial charge < -0.3 is 10.2 Å². The van der Waals surface area contributed by atoms with Crippen LogP contribution in [0.2, 0.25) is 0 Å². The average molecular weight is 282 g/mol. The van der Waals surface area contributed by atoms with Crippen LogP contribution in [0.25, 0.3) is 0 Å². The SMILES string of the molecule is CCCNC1CCC(N(C)CCOC(F)(F)F)CC1. The van der Waals surface area contributed by atoms with Gasteiger partial charge in [-0.3, -0.25) is 4.74 Å². The fourth-order valence-corrected chi connectivity index (χ4v) is 2.56. The Kier molecular flexibility index (Phi) is 7.10. The third-order valence-electron chi connectivity index (χ3n) is 3.71. The molecule has 0 aromatic rings. The third-order valence-corrected chi connectivity index (χ3v) is 3.71. The highest BCUT2D eigenvalue weighted by Gasteiger charge is 2.29. The number of likely N-dealkylation sites (N-methyl/N-ethyl adjacent to an activating group) is 1. The number of alkyl halides is 3. The zero-order valence-electron chi connectivity index (χ0n) is 11.8. The lowest BCUT2D eigenvalue weighted by Gasteiger charge is -2.35. The standard InChI is InChI=1S/C13H25F3N2O/c1-3-8-17-11-4-6-12(7-5-11)18(2)9-10-19-13(14,15)16/h11-12,17H,3-10H2,1-2H3. The van der Waals surface area contributed by atoms with Gasteiger partial charge in [0.05, 0.1) is 6.61 Å². The van der Waals surface area contributed by atoms with E-state index in [1.54, 1.807) is 0 Å². The number of halogens is 3. The van der Waals surface area contributed by atoms with Crippen molar-refractivity contribution >= 4 is 0 Å². The van der Waals surface area contributed by atoms with E-state index in [4.69, 9.17) is 0 Å². The second-order valence-electron chi connectivity index (χ2n) is 5.23. The van der Waals surface area contributed by atoms with Crippen LogP contribution in [0.4, 0.5) is 13.2 Å². The zero-order chi connectivity index (χ0) is 14.3. The number of hydrogen-bond donors (Lipinski definition) is 1. The molecule has 0 heterocycles. The molecule has 0 spiro atoms. The molecule has 1 aliphatic rings. The summed E-state index contributed by atoms with van der Waals surface area (Å²) < 4.78 is 39.4. The minimum atomic E-state index is -4.51. The van der Waals surface area contributed by atoms with Gasteiger partial charge in [0.15, 0.2) is 0 Å². The second kappa shape index (κ2) is 8.07. The third kappa shape index (κ3) is 7.13. The van der Waals surface area contributed by atoms with Gasteiger partial charge in [0, 0.05) is 18.6 Å². The van der Waals surface area contributed by atoms with Crippen LogP contribution in [-0.2, 0) is 4.74 Å². The molecule has 0 bridgehead atoms. The molecular weight excluding hydrogens is 257 g/mol. The van der Waals surface area contributed by atoms with Crippen molar-refractivity contribution in [1.29, 1.82) is 0 Å². The van der Waals surface area contributed by atoms with Crippen LogP contribution in [0.15, 0.2) is 0 Å². The quantitative estimate of drug-likeness (QED) is 0.777. The number of rotatable bonds is 7. The summed E-state index contributed by atoms with van der Waals surface area (Å²) in [6.45, 7) is 3.24. The van der Waals surface area contributed by atoms with Crippen LogP contribution in [0, 0.1) is 0 Å². The summed E-state index contributed by atoms with van der Waals surface area (Å²) in [6.07, 6.45) is 0.926. The highest BCUT2D eigenvalue weighted by Crippen LogP contribution is 2.22. The first kappa shape index (κ1) is 16.7. The molecule has 0 saturated heterocycles. The minimum absolute atomic E-state index is 0.284. The van der Waals surface area contributed by atoms with Crippen molar-refractivity contribution < 1.29 is 17.9 Å². The Morgan fingerprint density at radius 1 is 1.21 bits per heavy atom. The highest BCUT2D eigenvalue weighted by atomic mass is 19.4. The van der Waals surface area contributed by atoms with Gasteiger partial charge in [0.2, 0.25) is 0 Å². The lowest BCUT2D eigenvalue weighted by Crippen LogP contribution is -2.42. The lowest BCUT2D eigenvalue weighted by molar-refractivity contribution is -0.325. The molecule has 3 nitrogen and oxygen atoms in total. The van der Waals surface area contributed by atoms with E-state index in [0.717, 1.165) is 38.6 Å². The number of ether oxygens (including phenoxy) is 1. The monoisotopic (exact) mass is 282 g/mol. The summed E-state index contributed by atoms with van der Waals surface area (Å²) in [5.74, 6) is 0. The molecule has 0 atom stereocenters. The molecule has 1 aliphatic carbocycles. The smallest absolute Gasteiger partial charge is 0.314 e. The first-order chi connectivity index (χ1) is 8.92. The molecule has 1 rings (SSSR count). The fraction of sp³-hybridized carbons (Fsp3) is 1.00. The van der Waals surface area contributed by atoms with E-state index in [1.165, 1.54) is 0 Å². The van der Waals surface area contributed by atoms with Gasteiger partial charge in [0.25, 0.3) is 0 Å². The van der Waals surface area contributed by atoms with Crippen molar-refractivity contribution in [2.45, 2.75) is 57.5 Å². The molecule has 0 unspecified atom stereocenters. The predicted octanol–water partition coefficient (Wildman–Crippen LogP) is 2.77. The molecule has 1 N–H and O–H groups in total. The topological polar surface area (TPSA) is 24.5 Å². The van der Waals surface area contributed by atoms with E-state index in [0.29, 0.717) is 18.6 Å². The predicted molar refractivity (Wildman–Crippen MR) is 69.0 cm³/mol. The largest absolute Gasteiger partial charge is 0.522 e. The molecule has 0 aromatic carbocycles. The normalized spacial score (nSPS) is 24.9. The molecule has 0 radical (unpaired) electrons. The minimum Gasteiger partial charge on any atom is -0.314 e. The van der Waals surface area contributed by atoms with E-state index >= 15 is 0 Å². The summed E-state index contributed by atoms with van der Waals surface area (Å²) in [5.41, 5.74) is 0. The number of hydrogen-bond acceptors (Lipinski definition) is 3. The van der Waals surface area contributed by atoms with Crippen LogP contribution in [0.1, 0.15) is 39.0 Å². The first-order valence-corrected chi connectivity index (χ1v) is 7.06. The van der Waals surface area contributed by atoms with E-state index in [2.05, 4.69) is 17.0 Å². The number of nitrogens with zero attached hydrogens (tertiary/aromatic N) is 1. The van der Waals surface area contributed by atoms with Gasteiger partial charge in [-0.1, -0.05) is 6.92 Å². The van der Waals surface area contributed by atoms with Crippen molar-refractivity contribution in [1.82, 2.24) is 10.2 Å². The Bertz CT molecular complexity index is 241. The molecule has 6 heteroatoms. The molecular formula is C13H25F3N2O. The van der Waals surface area contributed by atoms with Crippen molar-refractivity contribution in [3.05, 3.63) is 0 Å². The van der Waals surface area contributed by atoms with Gasteiger partial charge in [-0.25, -0.2) is 0 Å². The molecule has 114 valence electrons. The van der Waals surface area contributed by atoms with Crippen molar-refractivity contribution in [3.8, 4) is 0 Å². The highest BCUT2D eigenvalue weighted by molar-refractivity contribution is 4.81. The van der Waals surface area contributed by atoms with Crippen molar-refractivity contribution in [2.75, 3.05) is 26.7 Å². The summed E-state index contributed by atoms with van der Waals surface area (Å²) in [7, 11) is 1.88. The second-order valence-corrected chi connectivity index (χ2v) is 5.23. The van der Waals surface area contributed by atoms with Gasteiger partial charge in [-0.15, -0.1) is 13.2 Å². The number of nitrogens with one attached hydrogen (secondary N) is 1. The van der Waals surface area contributed by atoms with Crippen molar-refractivity contribution in [2.24, 2.45) is 0 Å². The Labute approximate surface area is 113 Å². The molecule has 1 fully saturated rings. The Morgan fingerprint density at radius 2 is 1.84 bits per heavy atom. The maximum absolute atomic E-state index is 11.9. The van der Waals surface area contributed by atoms with Gasteiger partial charge >= 0.3 is 6.36 Å². The van der Waals surface area contributed by atoms with E-state index in [1.807, 2.05) is 11.9 Å². The Hall–Kier alpha value is -0.330. The van der Waals surface area contributed by atoms with E-state index < -0.39 is 6.36 Å². The van der Waals surface area contributed by atoms with Crippen LogP contribution >= 0.6 is 0 Å². The lowest BCUT2D eigenvalue weighted by atomic mass is 9.90. The van der Waals surface area contributed by atoms with Gasteiger partial charge in [-0.2, -0.15) is 0 Å². The Balaban J connectivity index is 2.16. The Morgan fingerprint density at radius 3 is 2.37 bits per heavy atom. The van der Waals surface area contributed by atoms with Crippen LogP contribution in [0.5, 0.6) is 0 Å². The maximum atomic E-state index is 11.9. The van der Waals surface area contributed by atoms with Crippen LogP contribution < -0.4 is 5.32 Å². The molecule has 1 saturated carbocycles. The van der Waals surface area contributed by atoms with E-state index in [-0.39, 0.29) is 6.61 Å². The molecule has 0 amide bonds. The fourth-order valence-electron chi connectivity index (χ4n) is 2.56. The molecule has 19 heavy (non-hydrogen) atoms. The summed E-state index contributed by atoms with van der Waals surface area (Å²) in [4.78, 5) is 1.99.